The predicted molar refractivity (Wildman–Crippen MR) is 93.3 cm³/mol. The third kappa shape index (κ3) is 2.63. The van der Waals surface area contributed by atoms with E-state index in [1.807, 2.05) is 12.1 Å². The SMILES string of the molecule is COC(=O)c1ccc2c(C=C3Oc4ccccc4NC3=O)c[nH]c2c1. The number of aromatic amines is 1. The van der Waals surface area contributed by atoms with Gasteiger partial charge in [0, 0.05) is 22.7 Å². The highest BCUT2D eigenvalue weighted by atomic mass is 16.5. The highest BCUT2D eigenvalue weighted by Gasteiger charge is 2.22. The molecular weight excluding hydrogens is 320 g/mol. The van der Waals surface area contributed by atoms with E-state index < -0.39 is 5.97 Å². The van der Waals surface area contributed by atoms with Crippen molar-refractivity contribution in [2.24, 2.45) is 0 Å². The average Bonchev–Trinajstić information content (AvgIpc) is 3.03. The predicted octanol–water partition coefficient (Wildman–Crippen LogP) is 3.33. The van der Waals surface area contributed by atoms with Crippen LogP contribution >= 0.6 is 0 Å². The van der Waals surface area contributed by atoms with Gasteiger partial charge in [0.05, 0.1) is 18.4 Å². The number of para-hydroxylation sites is 2. The number of esters is 1. The second-order valence-electron chi connectivity index (χ2n) is 5.56. The lowest BCUT2D eigenvalue weighted by Crippen LogP contribution is -2.23. The first-order valence-electron chi connectivity index (χ1n) is 7.65. The van der Waals surface area contributed by atoms with Gasteiger partial charge in [-0.05, 0) is 30.3 Å². The minimum Gasteiger partial charge on any atom is -0.465 e. The molecule has 4 rings (SSSR count). The summed E-state index contributed by atoms with van der Waals surface area (Å²) < 4.78 is 10.4. The Kier molecular flexibility index (Phi) is 3.50. The maximum atomic E-state index is 12.2. The van der Waals surface area contributed by atoms with E-state index in [1.54, 1.807) is 42.6 Å². The number of H-pyrrole nitrogens is 1. The molecule has 0 bridgehead atoms. The summed E-state index contributed by atoms with van der Waals surface area (Å²) in [5, 5.41) is 3.67. The van der Waals surface area contributed by atoms with E-state index in [0.717, 1.165) is 16.5 Å². The van der Waals surface area contributed by atoms with Crippen LogP contribution in [0.15, 0.2) is 54.4 Å². The van der Waals surface area contributed by atoms with Crippen LogP contribution in [0.1, 0.15) is 15.9 Å². The van der Waals surface area contributed by atoms with E-state index in [1.165, 1.54) is 7.11 Å². The lowest BCUT2D eigenvalue weighted by molar-refractivity contribution is -0.115. The first-order chi connectivity index (χ1) is 12.2. The van der Waals surface area contributed by atoms with Crippen molar-refractivity contribution in [2.45, 2.75) is 0 Å². The summed E-state index contributed by atoms with van der Waals surface area (Å²) in [6.45, 7) is 0. The Morgan fingerprint density at radius 2 is 2.04 bits per heavy atom. The summed E-state index contributed by atoms with van der Waals surface area (Å²) in [4.78, 5) is 26.9. The third-order valence-electron chi connectivity index (χ3n) is 4.00. The number of nitrogens with one attached hydrogen (secondary N) is 2. The van der Waals surface area contributed by atoms with Crippen molar-refractivity contribution in [1.29, 1.82) is 0 Å². The zero-order valence-electron chi connectivity index (χ0n) is 13.3. The smallest absolute Gasteiger partial charge is 0.337 e. The molecule has 0 spiro atoms. The van der Waals surface area contributed by atoms with Crippen LogP contribution in [0.2, 0.25) is 0 Å². The normalized spacial score (nSPS) is 14.8. The fourth-order valence-corrected chi connectivity index (χ4v) is 2.76. The highest BCUT2D eigenvalue weighted by Crippen LogP contribution is 2.31. The molecule has 0 saturated heterocycles. The fraction of sp³-hybridized carbons (Fsp3) is 0.0526. The van der Waals surface area contributed by atoms with Gasteiger partial charge in [-0.1, -0.05) is 18.2 Å². The van der Waals surface area contributed by atoms with Crippen LogP contribution in [0.25, 0.3) is 17.0 Å². The lowest BCUT2D eigenvalue weighted by atomic mass is 10.1. The van der Waals surface area contributed by atoms with Gasteiger partial charge in [0.25, 0.3) is 5.91 Å². The summed E-state index contributed by atoms with van der Waals surface area (Å²) >= 11 is 0. The molecule has 1 amide bonds. The molecule has 1 aromatic heterocycles. The number of benzene rings is 2. The summed E-state index contributed by atoms with van der Waals surface area (Å²) in [6.07, 6.45) is 3.43. The average molecular weight is 334 g/mol. The van der Waals surface area contributed by atoms with Gasteiger partial charge in [0.2, 0.25) is 0 Å². The number of methoxy groups -OCH3 is 1. The number of fused-ring (bicyclic) bond motifs is 2. The highest BCUT2D eigenvalue weighted by molar-refractivity contribution is 6.09. The first kappa shape index (κ1) is 15.0. The number of amides is 1. The molecule has 0 fully saturated rings. The first-order valence-corrected chi connectivity index (χ1v) is 7.65. The number of hydrogen-bond donors (Lipinski definition) is 2. The molecule has 0 unspecified atom stereocenters. The van der Waals surface area contributed by atoms with Crippen molar-refractivity contribution in [2.75, 3.05) is 12.4 Å². The van der Waals surface area contributed by atoms with E-state index in [2.05, 4.69) is 10.3 Å². The molecule has 2 aromatic carbocycles. The monoisotopic (exact) mass is 334 g/mol. The molecule has 124 valence electrons. The Morgan fingerprint density at radius 3 is 2.88 bits per heavy atom. The molecule has 6 heteroatoms. The molecular formula is C19H14N2O4. The van der Waals surface area contributed by atoms with Crippen LogP contribution in [0, 0.1) is 0 Å². The van der Waals surface area contributed by atoms with Gasteiger partial charge >= 0.3 is 5.97 Å². The van der Waals surface area contributed by atoms with Crippen LogP contribution in [0.5, 0.6) is 5.75 Å². The zero-order chi connectivity index (χ0) is 17.4. The Balaban J connectivity index is 1.72. The standard InChI is InChI=1S/C19H14N2O4/c1-24-19(23)11-6-7-13-12(10-20-15(13)8-11)9-17-18(22)21-14-4-2-3-5-16(14)25-17/h2-10,20H,1H3,(H,21,22). The molecule has 1 aliphatic heterocycles. The zero-order valence-corrected chi connectivity index (χ0v) is 13.3. The summed E-state index contributed by atoms with van der Waals surface area (Å²) in [5.74, 6) is 0.0973. The number of carbonyl (C=O) groups is 2. The molecule has 3 aromatic rings. The lowest BCUT2D eigenvalue weighted by Gasteiger charge is -2.19. The Morgan fingerprint density at radius 1 is 1.20 bits per heavy atom. The van der Waals surface area contributed by atoms with Gasteiger partial charge in [0.15, 0.2) is 11.5 Å². The Bertz CT molecular complexity index is 1030. The van der Waals surface area contributed by atoms with Crippen molar-refractivity contribution in [3.05, 3.63) is 65.5 Å². The molecule has 0 radical (unpaired) electrons. The Hall–Kier alpha value is -3.54. The Labute approximate surface area is 143 Å². The number of aromatic nitrogens is 1. The number of anilines is 1. The topological polar surface area (TPSA) is 80.4 Å². The van der Waals surface area contributed by atoms with Crippen LogP contribution in [0.4, 0.5) is 5.69 Å². The van der Waals surface area contributed by atoms with E-state index in [4.69, 9.17) is 9.47 Å². The van der Waals surface area contributed by atoms with Crippen LogP contribution in [0.3, 0.4) is 0 Å². The summed E-state index contributed by atoms with van der Waals surface area (Å²) in [7, 11) is 1.34. The van der Waals surface area contributed by atoms with Crippen LogP contribution in [-0.2, 0) is 9.53 Å². The van der Waals surface area contributed by atoms with Gasteiger partial charge in [-0.3, -0.25) is 4.79 Å². The molecule has 0 aliphatic carbocycles. The van der Waals surface area contributed by atoms with E-state index in [0.29, 0.717) is 17.0 Å². The summed E-state index contributed by atoms with van der Waals surface area (Å²) in [6, 6.07) is 12.4. The number of ether oxygens (including phenoxy) is 2. The quantitative estimate of drug-likeness (QED) is 0.556. The van der Waals surface area contributed by atoms with Crippen molar-refractivity contribution in [3.63, 3.8) is 0 Å². The van der Waals surface area contributed by atoms with Gasteiger partial charge < -0.3 is 19.8 Å². The molecule has 2 N–H and O–H groups in total. The molecule has 1 aliphatic rings. The maximum Gasteiger partial charge on any atom is 0.337 e. The molecule has 0 atom stereocenters. The largest absolute Gasteiger partial charge is 0.465 e. The molecule has 6 nitrogen and oxygen atoms in total. The van der Waals surface area contributed by atoms with Crippen molar-refractivity contribution >= 4 is 34.5 Å². The van der Waals surface area contributed by atoms with Crippen molar-refractivity contribution in [3.8, 4) is 5.75 Å². The van der Waals surface area contributed by atoms with Crippen LogP contribution < -0.4 is 10.1 Å². The molecule has 2 heterocycles. The minimum atomic E-state index is -0.400. The number of hydrogen-bond acceptors (Lipinski definition) is 4. The van der Waals surface area contributed by atoms with Gasteiger partial charge in [-0.25, -0.2) is 4.79 Å². The second kappa shape index (κ2) is 5.83. The van der Waals surface area contributed by atoms with Gasteiger partial charge in [-0.2, -0.15) is 0 Å². The van der Waals surface area contributed by atoms with E-state index in [-0.39, 0.29) is 11.7 Å². The fourth-order valence-electron chi connectivity index (χ4n) is 2.76. The number of carbonyl (C=O) groups excluding carboxylic acids is 2. The number of rotatable bonds is 2. The van der Waals surface area contributed by atoms with E-state index >= 15 is 0 Å². The summed E-state index contributed by atoms with van der Waals surface area (Å²) in [5.41, 5.74) is 2.66. The molecule has 0 saturated carbocycles. The van der Waals surface area contributed by atoms with Gasteiger partial charge in [-0.15, -0.1) is 0 Å². The van der Waals surface area contributed by atoms with E-state index in [9.17, 15) is 9.59 Å². The van der Waals surface area contributed by atoms with Crippen molar-refractivity contribution in [1.82, 2.24) is 4.98 Å². The second-order valence-corrected chi connectivity index (χ2v) is 5.56. The minimum absolute atomic E-state index is 0.205. The van der Waals surface area contributed by atoms with Crippen molar-refractivity contribution < 1.29 is 19.1 Å². The van der Waals surface area contributed by atoms with Crippen LogP contribution in [-0.4, -0.2) is 24.0 Å². The third-order valence-corrected chi connectivity index (χ3v) is 4.00. The molecule has 25 heavy (non-hydrogen) atoms. The maximum absolute atomic E-state index is 12.2. The van der Waals surface area contributed by atoms with Gasteiger partial charge in [0.1, 0.15) is 0 Å².